The van der Waals surface area contributed by atoms with E-state index in [9.17, 15) is 14.7 Å². The summed E-state index contributed by atoms with van der Waals surface area (Å²) in [5.74, 6) is 0.889. The molecule has 8 heteroatoms. The zero-order valence-corrected chi connectivity index (χ0v) is 19.6. The Kier molecular flexibility index (Phi) is 6.05. The Morgan fingerprint density at radius 3 is 2.71 bits per heavy atom. The van der Waals surface area contributed by atoms with Crippen LogP contribution in [-0.2, 0) is 0 Å². The molecule has 1 saturated carbocycles. The Bertz CT molecular complexity index is 1460. The number of carbonyl (C=O) groups excluding carboxylic acids is 1. The van der Waals surface area contributed by atoms with Crippen LogP contribution in [0.25, 0.3) is 27.7 Å². The quantitative estimate of drug-likeness (QED) is 0.463. The van der Waals surface area contributed by atoms with Crippen LogP contribution in [0.3, 0.4) is 0 Å². The molecular weight excluding hydrogens is 444 g/mol. The Balaban J connectivity index is 1.41. The van der Waals surface area contributed by atoms with Gasteiger partial charge in [-0.2, -0.15) is 9.78 Å². The number of benzene rings is 2. The largest absolute Gasteiger partial charge is 0.496 e. The van der Waals surface area contributed by atoms with Crippen molar-refractivity contribution in [3.63, 3.8) is 0 Å². The van der Waals surface area contributed by atoms with Crippen LogP contribution in [0.15, 0.2) is 65.7 Å². The number of methoxy groups -OCH3 is 1. The number of carbonyl (C=O) groups is 1. The summed E-state index contributed by atoms with van der Waals surface area (Å²) in [4.78, 5) is 29.9. The third-order valence-corrected chi connectivity index (χ3v) is 6.57. The molecule has 2 aromatic heterocycles. The predicted octanol–water partition coefficient (Wildman–Crippen LogP) is 3.41. The van der Waals surface area contributed by atoms with Gasteiger partial charge in [0.15, 0.2) is 5.82 Å². The number of hydrogen-bond donors (Lipinski definition) is 2. The predicted molar refractivity (Wildman–Crippen MR) is 133 cm³/mol. The molecule has 5 rings (SSSR count). The maximum Gasteiger partial charge on any atom is 0.280 e. The Labute approximate surface area is 202 Å². The van der Waals surface area contributed by atoms with Crippen LogP contribution in [-0.4, -0.2) is 45.0 Å². The molecule has 2 aromatic carbocycles. The number of pyridine rings is 1. The summed E-state index contributed by atoms with van der Waals surface area (Å²) in [5, 5.41) is 18.1. The average Bonchev–Trinajstić information content (AvgIpc) is 3.28. The van der Waals surface area contributed by atoms with Gasteiger partial charge in [0.2, 0.25) is 0 Å². The lowest BCUT2D eigenvalue weighted by Crippen LogP contribution is -2.33. The molecule has 8 nitrogen and oxygen atoms in total. The fraction of sp³-hybridized carbons (Fsp3) is 0.259. The number of nitrogens with one attached hydrogen (secondary N) is 1. The summed E-state index contributed by atoms with van der Waals surface area (Å²) in [5.41, 5.74) is 3.12. The van der Waals surface area contributed by atoms with Gasteiger partial charge in [0, 0.05) is 17.6 Å². The van der Waals surface area contributed by atoms with E-state index in [0.29, 0.717) is 29.6 Å². The topological polar surface area (TPSA) is 106 Å². The Morgan fingerprint density at radius 2 is 2.00 bits per heavy atom. The van der Waals surface area contributed by atoms with E-state index in [1.54, 1.807) is 31.5 Å². The molecule has 0 radical (unpaired) electrons. The van der Waals surface area contributed by atoms with Gasteiger partial charge in [-0.1, -0.05) is 18.2 Å². The number of amides is 1. The maximum atomic E-state index is 13.2. The van der Waals surface area contributed by atoms with Crippen LogP contribution in [0.5, 0.6) is 5.75 Å². The number of fused-ring (bicyclic) bond motifs is 1. The van der Waals surface area contributed by atoms with Gasteiger partial charge in [-0.25, -0.2) is 4.98 Å². The van der Waals surface area contributed by atoms with Gasteiger partial charge in [-0.15, -0.1) is 0 Å². The zero-order chi connectivity index (χ0) is 24.5. The van der Waals surface area contributed by atoms with Crippen molar-refractivity contribution in [2.24, 2.45) is 0 Å². The number of aliphatic hydroxyl groups is 1. The van der Waals surface area contributed by atoms with Gasteiger partial charge in [0.05, 0.1) is 30.4 Å². The third kappa shape index (κ3) is 4.40. The van der Waals surface area contributed by atoms with E-state index in [1.165, 1.54) is 10.9 Å². The molecule has 35 heavy (non-hydrogen) atoms. The van der Waals surface area contributed by atoms with Gasteiger partial charge in [0.25, 0.3) is 11.5 Å². The SMILES string of the molecule is COc1cccc(-c2ccc3c(=O)n(-c4ccc(C(=O)N[C@H]5CC[C@@H](O)C5)cn4)ncc3c2)c1C. The van der Waals surface area contributed by atoms with Crippen molar-refractivity contribution in [1.29, 1.82) is 0 Å². The summed E-state index contributed by atoms with van der Waals surface area (Å²) in [6.45, 7) is 2.00. The van der Waals surface area contributed by atoms with Crippen LogP contribution in [0.2, 0.25) is 0 Å². The second-order valence-electron chi connectivity index (χ2n) is 8.84. The molecule has 0 saturated heterocycles. The normalized spacial score (nSPS) is 17.5. The molecule has 0 unspecified atom stereocenters. The van der Waals surface area contributed by atoms with Gasteiger partial charge in [-0.05, 0) is 73.2 Å². The van der Waals surface area contributed by atoms with E-state index in [4.69, 9.17) is 4.74 Å². The number of aromatic nitrogens is 3. The monoisotopic (exact) mass is 470 g/mol. The van der Waals surface area contributed by atoms with Gasteiger partial charge in [0.1, 0.15) is 5.75 Å². The van der Waals surface area contributed by atoms with E-state index in [0.717, 1.165) is 34.2 Å². The van der Waals surface area contributed by atoms with E-state index < -0.39 is 0 Å². The smallest absolute Gasteiger partial charge is 0.280 e. The highest BCUT2D eigenvalue weighted by Crippen LogP contribution is 2.31. The zero-order valence-electron chi connectivity index (χ0n) is 19.6. The van der Waals surface area contributed by atoms with Crippen LogP contribution in [0.4, 0.5) is 0 Å². The van der Waals surface area contributed by atoms with Crippen molar-refractivity contribution < 1.29 is 14.6 Å². The first kappa shape index (κ1) is 22.7. The van der Waals surface area contributed by atoms with Gasteiger partial charge >= 0.3 is 0 Å². The first-order valence-electron chi connectivity index (χ1n) is 11.6. The first-order valence-corrected chi connectivity index (χ1v) is 11.6. The van der Waals surface area contributed by atoms with Crippen molar-refractivity contribution in [3.8, 4) is 22.7 Å². The lowest BCUT2D eigenvalue weighted by Gasteiger charge is -2.12. The minimum absolute atomic E-state index is 0.0346. The van der Waals surface area contributed by atoms with Crippen molar-refractivity contribution in [3.05, 3.63) is 82.4 Å². The molecule has 178 valence electrons. The molecule has 2 atom stereocenters. The summed E-state index contributed by atoms with van der Waals surface area (Å²) in [6, 6.07) is 14.7. The number of aliphatic hydroxyl groups excluding tert-OH is 1. The molecule has 2 heterocycles. The number of rotatable bonds is 5. The summed E-state index contributed by atoms with van der Waals surface area (Å²) >= 11 is 0. The molecule has 4 aromatic rings. The summed E-state index contributed by atoms with van der Waals surface area (Å²) in [6.07, 6.45) is 4.73. The highest BCUT2D eigenvalue weighted by atomic mass is 16.5. The molecule has 0 aliphatic heterocycles. The first-order chi connectivity index (χ1) is 16.9. The second kappa shape index (κ2) is 9.31. The standard InChI is InChI=1S/C27H26N4O4/c1-16-22(4-3-5-24(16)35-2)17-6-10-23-19(12-17)15-29-31(27(23)34)25-11-7-18(14-28-25)26(33)30-20-8-9-21(32)13-20/h3-7,10-12,14-15,20-21,32H,8-9,13H2,1-2H3,(H,30,33)/t20-,21+/m0/s1. The Morgan fingerprint density at radius 1 is 1.14 bits per heavy atom. The second-order valence-corrected chi connectivity index (χ2v) is 8.84. The lowest BCUT2D eigenvalue weighted by atomic mass is 9.98. The number of ether oxygens (including phenoxy) is 1. The van der Waals surface area contributed by atoms with Crippen molar-refractivity contribution in [2.75, 3.05) is 7.11 Å². The Hall–Kier alpha value is -4.04. The van der Waals surface area contributed by atoms with E-state index in [2.05, 4.69) is 15.4 Å². The third-order valence-electron chi connectivity index (χ3n) is 6.57. The molecule has 0 spiro atoms. The minimum atomic E-state index is -0.359. The molecule has 1 aliphatic carbocycles. The molecule has 2 N–H and O–H groups in total. The molecular formula is C27H26N4O4. The number of hydrogen-bond acceptors (Lipinski definition) is 6. The average molecular weight is 471 g/mol. The lowest BCUT2D eigenvalue weighted by molar-refractivity contribution is 0.0933. The highest BCUT2D eigenvalue weighted by molar-refractivity contribution is 5.94. The number of nitrogens with zero attached hydrogens (tertiary/aromatic N) is 3. The minimum Gasteiger partial charge on any atom is -0.496 e. The van der Waals surface area contributed by atoms with E-state index in [1.807, 2.05) is 37.3 Å². The molecule has 1 fully saturated rings. The summed E-state index contributed by atoms with van der Waals surface area (Å²) in [7, 11) is 1.65. The molecule has 1 aliphatic rings. The van der Waals surface area contributed by atoms with Crippen molar-refractivity contribution in [2.45, 2.75) is 38.3 Å². The van der Waals surface area contributed by atoms with E-state index in [-0.39, 0.29) is 23.6 Å². The van der Waals surface area contributed by atoms with Gasteiger partial charge < -0.3 is 15.2 Å². The fourth-order valence-electron chi connectivity index (χ4n) is 4.63. The summed E-state index contributed by atoms with van der Waals surface area (Å²) < 4.78 is 6.66. The molecule has 0 bridgehead atoms. The van der Waals surface area contributed by atoms with Crippen LogP contribution in [0.1, 0.15) is 35.2 Å². The van der Waals surface area contributed by atoms with Crippen molar-refractivity contribution in [1.82, 2.24) is 20.1 Å². The molecule has 1 amide bonds. The van der Waals surface area contributed by atoms with Crippen LogP contribution in [0, 0.1) is 6.92 Å². The van der Waals surface area contributed by atoms with Gasteiger partial charge in [-0.3, -0.25) is 9.59 Å². The van der Waals surface area contributed by atoms with Crippen LogP contribution < -0.4 is 15.6 Å². The maximum absolute atomic E-state index is 13.2. The van der Waals surface area contributed by atoms with Crippen LogP contribution >= 0.6 is 0 Å². The van der Waals surface area contributed by atoms with E-state index >= 15 is 0 Å². The fourth-order valence-corrected chi connectivity index (χ4v) is 4.63. The highest BCUT2D eigenvalue weighted by Gasteiger charge is 2.24. The van der Waals surface area contributed by atoms with Crippen molar-refractivity contribution >= 4 is 16.7 Å².